The number of thioether (sulfide) groups is 1. The molecule has 0 spiro atoms. The van der Waals surface area contributed by atoms with Crippen molar-refractivity contribution in [1.82, 2.24) is 0 Å². The van der Waals surface area contributed by atoms with E-state index in [1.54, 1.807) is 6.07 Å². The van der Waals surface area contributed by atoms with Crippen LogP contribution in [0.15, 0.2) is 47.4 Å². The van der Waals surface area contributed by atoms with E-state index in [0.717, 1.165) is 29.0 Å². The van der Waals surface area contributed by atoms with Crippen LogP contribution in [0, 0.1) is 6.92 Å². The maximum absolute atomic E-state index is 13.5. The van der Waals surface area contributed by atoms with Gasteiger partial charge in [-0.2, -0.15) is 13.2 Å². The zero-order valence-corrected chi connectivity index (χ0v) is 15.9. The molecule has 0 radical (unpaired) electrons. The van der Waals surface area contributed by atoms with Gasteiger partial charge in [-0.3, -0.25) is 0 Å². The molecular formula is C20H24F3NO2S. The van der Waals surface area contributed by atoms with Crippen molar-refractivity contribution < 1.29 is 23.4 Å². The molecule has 0 atom stereocenters. The largest absolute Gasteiger partial charge is 0.417 e. The molecule has 0 unspecified atom stereocenters. The van der Waals surface area contributed by atoms with Crippen molar-refractivity contribution in [3.8, 4) is 0 Å². The number of hydrogen-bond acceptors (Lipinski definition) is 4. The number of nitrogens with two attached hydrogens (primary N) is 1. The molecule has 27 heavy (non-hydrogen) atoms. The Morgan fingerprint density at radius 1 is 1.00 bits per heavy atom. The normalized spacial score (nSPS) is 12.4. The second kappa shape index (κ2) is 9.10. The van der Waals surface area contributed by atoms with Gasteiger partial charge in [-0.1, -0.05) is 35.9 Å². The van der Waals surface area contributed by atoms with Crippen LogP contribution < -0.4 is 5.73 Å². The van der Waals surface area contributed by atoms with Gasteiger partial charge in [-0.05, 0) is 43.0 Å². The van der Waals surface area contributed by atoms with Crippen LogP contribution in [0.2, 0.25) is 0 Å². The summed E-state index contributed by atoms with van der Waals surface area (Å²) < 4.78 is 40.5. The first kappa shape index (κ1) is 21.8. The minimum absolute atomic E-state index is 0.177. The Hall–Kier alpha value is -1.54. The molecule has 0 amide bonds. The zero-order chi connectivity index (χ0) is 20.1. The standard InChI is InChI=1S/C20H24F3NO2S/c1-14-3-2-4-16(9-14)11-27-18-6-5-15(10-17(18)20(21,22)23)7-8-19(24,12-25)13-26/h2-6,9-10,25-26H,7-8,11-13,24H2,1H3. The second-order valence-electron chi connectivity index (χ2n) is 6.78. The Balaban J connectivity index is 2.18. The van der Waals surface area contributed by atoms with Crippen molar-refractivity contribution in [2.24, 2.45) is 5.73 Å². The highest BCUT2D eigenvalue weighted by Crippen LogP contribution is 2.38. The molecule has 2 aromatic rings. The van der Waals surface area contributed by atoms with Crippen molar-refractivity contribution in [1.29, 1.82) is 0 Å². The van der Waals surface area contributed by atoms with Gasteiger partial charge in [-0.25, -0.2) is 0 Å². The molecule has 0 heterocycles. The summed E-state index contributed by atoms with van der Waals surface area (Å²) in [5.41, 5.74) is 6.43. The Kier molecular flexibility index (Phi) is 7.33. The Morgan fingerprint density at radius 3 is 2.30 bits per heavy atom. The van der Waals surface area contributed by atoms with E-state index in [1.165, 1.54) is 6.07 Å². The lowest BCUT2D eigenvalue weighted by molar-refractivity contribution is -0.139. The second-order valence-corrected chi connectivity index (χ2v) is 7.80. The van der Waals surface area contributed by atoms with Crippen LogP contribution in [0.25, 0.3) is 0 Å². The van der Waals surface area contributed by atoms with Gasteiger partial charge in [0.25, 0.3) is 0 Å². The van der Waals surface area contributed by atoms with Gasteiger partial charge in [-0.15, -0.1) is 11.8 Å². The van der Waals surface area contributed by atoms with Gasteiger partial charge in [0.2, 0.25) is 0 Å². The van der Waals surface area contributed by atoms with Crippen LogP contribution in [0.5, 0.6) is 0 Å². The highest BCUT2D eigenvalue weighted by Gasteiger charge is 2.34. The van der Waals surface area contributed by atoms with Gasteiger partial charge in [0.1, 0.15) is 0 Å². The molecule has 4 N–H and O–H groups in total. The number of alkyl halides is 3. The molecule has 148 valence electrons. The molecule has 0 aromatic heterocycles. The van der Waals surface area contributed by atoms with Crippen LogP contribution >= 0.6 is 11.8 Å². The van der Waals surface area contributed by atoms with Crippen molar-refractivity contribution in [2.75, 3.05) is 13.2 Å². The zero-order valence-electron chi connectivity index (χ0n) is 15.1. The summed E-state index contributed by atoms with van der Waals surface area (Å²) in [6.07, 6.45) is -4.03. The van der Waals surface area contributed by atoms with E-state index in [-0.39, 0.29) is 17.7 Å². The van der Waals surface area contributed by atoms with Gasteiger partial charge >= 0.3 is 6.18 Å². The Morgan fingerprint density at radius 2 is 1.70 bits per heavy atom. The molecule has 0 aliphatic carbocycles. The first-order valence-corrected chi connectivity index (χ1v) is 9.54. The number of aliphatic hydroxyl groups excluding tert-OH is 2. The summed E-state index contributed by atoms with van der Waals surface area (Å²) >= 11 is 1.15. The number of halogens is 3. The van der Waals surface area contributed by atoms with E-state index in [9.17, 15) is 23.4 Å². The number of aryl methyl sites for hydroxylation is 2. The van der Waals surface area contributed by atoms with Crippen LogP contribution in [0.1, 0.15) is 28.7 Å². The molecule has 0 saturated carbocycles. The number of aliphatic hydroxyl groups is 2. The molecular weight excluding hydrogens is 375 g/mol. The third-order valence-corrected chi connectivity index (χ3v) is 5.51. The van der Waals surface area contributed by atoms with Gasteiger partial charge in [0, 0.05) is 10.6 Å². The molecule has 3 nitrogen and oxygen atoms in total. The highest BCUT2D eigenvalue weighted by atomic mass is 32.2. The fourth-order valence-electron chi connectivity index (χ4n) is 2.64. The fraction of sp³-hybridized carbons (Fsp3) is 0.400. The maximum atomic E-state index is 13.5. The molecule has 0 fully saturated rings. The van der Waals surface area contributed by atoms with E-state index >= 15 is 0 Å². The molecule has 0 aliphatic heterocycles. The summed E-state index contributed by atoms with van der Waals surface area (Å²) in [5, 5.41) is 18.4. The van der Waals surface area contributed by atoms with Gasteiger partial charge in [0.05, 0.1) is 24.3 Å². The lowest BCUT2D eigenvalue weighted by Gasteiger charge is -2.24. The minimum Gasteiger partial charge on any atom is -0.394 e. The van der Waals surface area contributed by atoms with E-state index in [1.807, 2.05) is 31.2 Å². The van der Waals surface area contributed by atoms with Gasteiger partial charge < -0.3 is 15.9 Å². The van der Waals surface area contributed by atoms with E-state index in [0.29, 0.717) is 11.3 Å². The smallest absolute Gasteiger partial charge is 0.394 e. The fourth-order valence-corrected chi connectivity index (χ4v) is 3.64. The van der Waals surface area contributed by atoms with Crippen LogP contribution in [0.3, 0.4) is 0 Å². The van der Waals surface area contributed by atoms with Crippen LogP contribution in [0.4, 0.5) is 13.2 Å². The predicted molar refractivity (Wildman–Crippen MR) is 102 cm³/mol. The molecule has 2 rings (SSSR count). The number of hydrogen-bond donors (Lipinski definition) is 3. The van der Waals surface area contributed by atoms with Crippen LogP contribution in [-0.2, 0) is 18.3 Å². The summed E-state index contributed by atoms with van der Waals surface area (Å²) in [6, 6.07) is 11.9. The lowest BCUT2D eigenvalue weighted by Crippen LogP contribution is -2.47. The molecule has 0 saturated heterocycles. The topological polar surface area (TPSA) is 66.5 Å². The first-order valence-electron chi connectivity index (χ1n) is 8.56. The third kappa shape index (κ3) is 6.24. The third-order valence-electron chi connectivity index (χ3n) is 4.37. The predicted octanol–water partition coefficient (Wildman–Crippen LogP) is 3.92. The van der Waals surface area contributed by atoms with E-state index in [4.69, 9.17) is 5.73 Å². The first-order chi connectivity index (χ1) is 12.7. The number of rotatable bonds is 8. The average molecular weight is 399 g/mol. The Bertz CT molecular complexity index is 761. The lowest BCUT2D eigenvalue weighted by atomic mass is 9.93. The summed E-state index contributed by atoms with van der Waals surface area (Å²) in [7, 11) is 0. The van der Waals surface area contributed by atoms with E-state index in [2.05, 4.69) is 0 Å². The minimum atomic E-state index is -4.46. The molecule has 0 bridgehead atoms. The highest BCUT2D eigenvalue weighted by molar-refractivity contribution is 7.98. The van der Waals surface area contributed by atoms with Gasteiger partial charge in [0.15, 0.2) is 0 Å². The maximum Gasteiger partial charge on any atom is 0.417 e. The summed E-state index contributed by atoms with van der Waals surface area (Å²) in [4.78, 5) is 0.177. The molecule has 7 heteroatoms. The molecule has 0 aliphatic rings. The van der Waals surface area contributed by atoms with Crippen molar-refractivity contribution >= 4 is 11.8 Å². The summed E-state index contributed by atoms with van der Waals surface area (Å²) in [5.74, 6) is 0.449. The quantitative estimate of drug-likeness (QED) is 0.589. The van der Waals surface area contributed by atoms with Crippen molar-refractivity contribution in [3.63, 3.8) is 0 Å². The van der Waals surface area contributed by atoms with Crippen LogP contribution in [-0.4, -0.2) is 29.0 Å². The number of benzene rings is 2. The summed E-state index contributed by atoms with van der Waals surface area (Å²) in [6.45, 7) is 1.08. The van der Waals surface area contributed by atoms with Crippen molar-refractivity contribution in [2.45, 2.75) is 42.1 Å². The molecule has 2 aromatic carbocycles. The van der Waals surface area contributed by atoms with Crippen molar-refractivity contribution in [3.05, 3.63) is 64.7 Å². The monoisotopic (exact) mass is 399 g/mol. The SMILES string of the molecule is Cc1cccc(CSc2ccc(CCC(N)(CO)CO)cc2C(F)(F)F)c1. The average Bonchev–Trinajstić information content (AvgIpc) is 2.64. The van der Waals surface area contributed by atoms with E-state index < -0.39 is 30.5 Å². The Labute approximate surface area is 161 Å².